The largest absolute Gasteiger partial charge is 0.383 e. The summed E-state index contributed by atoms with van der Waals surface area (Å²) in [7, 11) is 0. The van der Waals surface area contributed by atoms with Gasteiger partial charge in [0.1, 0.15) is 11.9 Å². The van der Waals surface area contributed by atoms with Gasteiger partial charge in [0.25, 0.3) is 0 Å². The quantitative estimate of drug-likeness (QED) is 0.813. The van der Waals surface area contributed by atoms with Gasteiger partial charge in [-0.15, -0.1) is 0 Å². The lowest BCUT2D eigenvalue weighted by Gasteiger charge is -2.16. The van der Waals surface area contributed by atoms with Crippen molar-refractivity contribution in [2.45, 2.75) is 46.1 Å². The van der Waals surface area contributed by atoms with E-state index in [0.717, 1.165) is 18.0 Å². The Labute approximate surface area is 109 Å². The highest BCUT2D eigenvalue weighted by molar-refractivity contribution is 5.48. The number of anilines is 1. The Morgan fingerprint density at radius 3 is 2.56 bits per heavy atom. The van der Waals surface area contributed by atoms with Crippen molar-refractivity contribution in [2.24, 2.45) is 5.92 Å². The first-order valence-corrected chi connectivity index (χ1v) is 6.49. The van der Waals surface area contributed by atoms with Crippen LogP contribution in [-0.4, -0.2) is 6.04 Å². The zero-order chi connectivity index (χ0) is 13.5. The van der Waals surface area contributed by atoms with Gasteiger partial charge in [-0.1, -0.05) is 26.7 Å². The molecule has 0 spiro atoms. The van der Waals surface area contributed by atoms with E-state index in [1.165, 1.54) is 25.0 Å². The van der Waals surface area contributed by atoms with Crippen LogP contribution in [-0.2, 0) is 0 Å². The van der Waals surface area contributed by atoms with Crippen molar-refractivity contribution in [3.63, 3.8) is 0 Å². The number of halogens is 1. The van der Waals surface area contributed by atoms with Crippen LogP contribution in [0.5, 0.6) is 0 Å². The Hall–Kier alpha value is -1.56. The fourth-order valence-corrected chi connectivity index (χ4v) is 1.88. The minimum absolute atomic E-state index is 0.0908. The summed E-state index contributed by atoms with van der Waals surface area (Å²) in [6.45, 7) is 6.53. The fourth-order valence-electron chi connectivity index (χ4n) is 1.88. The molecular weight excluding hydrogens is 227 g/mol. The second kappa shape index (κ2) is 7.00. The number of hydrogen-bond donors (Lipinski definition) is 1. The molecule has 1 atom stereocenters. The predicted molar refractivity (Wildman–Crippen MR) is 72.9 cm³/mol. The first kappa shape index (κ1) is 14.5. The molecule has 0 aliphatic carbocycles. The molecule has 0 fully saturated rings. The molecule has 0 aliphatic rings. The van der Waals surface area contributed by atoms with E-state index in [1.54, 1.807) is 6.07 Å². The third-order valence-corrected chi connectivity index (χ3v) is 2.92. The van der Waals surface area contributed by atoms with Crippen LogP contribution in [0.4, 0.5) is 10.1 Å². The van der Waals surface area contributed by atoms with E-state index in [9.17, 15) is 4.39 Å². The van der Waals surface area contributed by atoms with Crippen molar-refractivity contribution < 1.29 is 4.39 Å². The number of hydrogen-bond acceptors (Lipinski definition) is 2. The van der Waals surface area contributed by atoms with Crippen LogP contribution in [0.25, 0.3) is 0 Å². The van der Waals surface area contributed by atoms with Crippen LogP contribution in [0.1, 0.15) is 45.6 Å². The number of benzene rings is 1. The molecule has 1 aromatic rings. The molecule has 0 saturated heterocycles. The van der Waals surface area contributed by atoms with E-state index in [1.807, 2.05) is 6.07 Å². The molecule has 3 heteroatoms. The number of nitrogens with zero attached hydrogens (tertiary/aromatic N) is 1. The van der Waals surface area contributed by atoms with Crippen LogP contribution >= 0.6 is 0 Å². The molecule has 1 aromatic carbocycles. The summed E-state index contributed by atoms with van der Waals surface area (Å²) in [6.07, 6.45) is 3.46. The van der Waals surface area contributed by atoms with Crippen molar-refractivity contribution in [3.05, 3.63) is 29.6 Å². The first-order valence-electron chi connectivity index (χ1n) is 6.49. The fraction of sp³-hybridized carbons (Fsp3) is 0.533. The van der Waals surface area contributed by atoms with Crippen molar-refractivity contribution in [2.75, 3.05) is 5.32 Å². The Balaban J connectivity index is 2.47. The number of nitriles is 1. The van der Waals surface area contributed by atoms with Gasteiger partial charge >= 0.3 is 0 Å². The van der Waals surface area contributed by atoms with E-state index >= 15 is 0 Å². The highest BCUT2D eigenvalue weighted by Crippen LogP contribution is 2.16. The highest BCUT2D eigenvalue weighted by atomic mass is 19.1. The van der Waals surface area contributed by atoms with Gasteiger partial charge in [-0.25, -0.2) is 4.39 Å². The van der Waals surface area contributed by atoms with Gasteiger partial charge in [-0.05, 0) is 37.5 Å². The van der Waals surface area contributed by atoms with Crippen LogP contribution in [0, 0.1) is 23.1 Å². The Kier molecular flexibility index (Phi) is 5.64. The third kappa shape index (κ3) is 4.75. The third-order valence-electron chi connectivity index (χ3n) is 2.92. The summed E-state index contributed by atoms with van der Waals surface area (Å²) in [5.74, 6) is 0.265. The normalized spacial score (nSPS) is 12.2. The summed E-state index contributed by atoms with van der Waals surface area (Å²) in [5, 5.41) is 11.9. The standard InChI is InChI=1S/C15H21FN2/c1-11(2)5-4-6-12(3)18-14-8-7-13(10-17)15(16)9-14/h7-9,11-12,18H,4-6H2,1-3H3. The molecule has 98 valence electrons. The summed E-state index contributed by atoms with van der Waals surface area (Å²) < 4.78 is 13.4. The molecule has 0 aliphatic heterocycles. The maximum atomic E-state index is 13.4. The van der Waals surface area contributed by atoms with Crippen LogP contribution < -0.4 is 5.32 Å². The van der Waals surface area contributed by atoms with Gasteiger partial charge in [-0.2, -0.15) is 5.26 Å². The minimum atomic E-state index is -0.461. The van der Waals surface area contributed by atoms with Crippen molar-refractivity contribution in [3.8, 4) is 6.07 Å². The van der Waals surface area contributed by atoms with Crippen molar-refractivity contribution in [1.82, 2.24) is 0 Å². The summed E-state index contributed by atoms with van der Waals surface area (Å²) in [4.78, 5) is 0. The molecule has 1 unspecified atom stereocenters. The smallest absolute Gasteiger partial charge is 0.143 e. The maximum Gasteiger partial charge on any atom is 0.143 e. The molecule has 0 bridgehead atoms. The summed E-state index contributed by atoms with van der Waals surface area (Å²) in [5.41, 5.74) is 0.830. The second-order valence-electron chi connectivity index (χ2n) is 5.18. The molecule has 0 saturated carbocycles. The number of rotatable bonds is 6. The molecule has 0 aromatic heterocycles. The van der Waals surface area contributed by atoms with E-state index in [4.69, 9.17) is 5.26 Å². The molecule has 1 N–H and O–H groups in total. The zero-order valence-electron chi connectivity index (χ0n) is 11.3. The Morgan fingerprint density at radius 1 is 1.28 bits per heavy atom. The molecule has 1 rings (SSSR count). The van der Waals surface area contributed by atoms with Gasteiger partial charge in [0.15, 0.2) is 0 Å². The zero-order valence-corrected chi connectivity index (χ0v) is 11.3. The molecule has 0 heterocycles. The molecule has 0 amide bonds. The highest BCUT2D eigenvalue weighted by Gasteiger charge is 2.06. The van der Waals surface area contributed by atoms with Crippen molar-refractivity contribution in [1.29, 1.82) is 5.26 Å². The van der Waals surface area contributed by atoms with Crippen LogP contribution in [0.15, 0.2) is 18.2 Å². The molecule has 18 heavy (non-hydrogen) atoms. The predicted octanol–water partition coefficient (Wildman–Crippen LogP) is 4.32. The van der Waals surface area contributed by atoms with Gasteiger partial charge < -0.3 is 5.32 Å². The average Bonchev–Trinajstić information content (AvgIpc) is 2.28. The van der Waals surface area contributed by atoms with Gasteiger partial charge in [0.05, 0.1) is 5.56 Å². The maximum absolute atomic E-state index is 13.4. The Bertz CT molecular complexity index is 421. The van der Waals surface area contributed by atoms with Crippen LogP contribution in [0.2, 0.25) is 0 Å². The lowest BCUT2D eigenvalue weighted by molar-refractivity contribution is 0.520. The molecule has 2 nitrogen and oxygen atoms in total. The molecule has 0 radical (unpaired) electrons. The SMILES string of the molecule is CC(C)CCCC(C)Nc1ccc(C#N)c(F)c1. The van der Waals surface area contributed by atoms with E-state index in [-0.39, 0.29) is 5.56 Å². The minimum Gasteiger partial charge on any atom is -0.383 e. The lowest BCUT2D eigenvalue weighted by atomic mass is 10.0. The summed E-state index contributed by atoms with van der Waals surface area (Å²) >= 11 is 0. The van der Waals surface area contributed by atoms with E-state index in [0.29, 0.717) is 6.04 Å². The van der Waals surface area contributed by atoms with E-state index < -0.39 is 5.82 Å². The Morgan fingerprint density at radius 2 is 2.00 bits per heavy atom. The van der Waals surface area contributed by atoms with Gasteiger partial charge in [0.2, 0.25) is 0 Å². The van der Waals surface area contributed by atoms with Gasteiger partial charge in [-0.3, -0.25) is 0 Å². The monoisotopic (exact) mass is 248 g/mol. The first-order chi connectivity index (χ1) is 8.52. The van der Waals surface area contributed by atoms with Crippen molar-refractivity contribution >= 4 is 5.69 Å². The number of nitrogens with one attached hydrogen (secondary N) is 1. The topological polar surface area (TPSA) is 35.8 Å². The summed E-state index contributed by atoms with van der Waals surface area (Å²) in [6, 6.07) is 6.78. The molecular formula is C15H21FN2. The van der Waals surface area contributed by atoms with Crippen LogP contribution in [0.3, 0.4) is 0 Å². The average molecular weight is 248 g/mol. The second-order valence-corrected chi connectivity index (χ2v) is 5.18. The lowest BCUT2D eigenvalue weighted by Crippen LogP contribution is -2.15. The van der Waals surface area contributed by atoms with Gasteiger partial charge in [0, 0.05) is 11.7 Å². The van der Waals surface area contributed by atoms with E-state index in [2.05, 4.69) is 26.1 Å².